The normalized spacial score (nSPS) is 12.4. The lowest BCUT2D eigenvalue weighted by molar-refractivity contribution is 0.558. The smallest absolute Gasteiger partial charge is 0.126 e. The Kier molecular flexibility index (Phi) is 5.32. The molecule has 0 aliphatic carbocycles. The van der Waals surface area contributed by atoms with E-state index in [2.05, 4.69) is 5.32 Å². The molecule has 0 aromatic heterocycles. The maximum atomic E-state index is 13.5. The third-order valence-electron chi connectivity index (χ3n) is 3.33. The molecule has 0 radical (unpaired) electrons. The first-order chi connectivity index (χ1) is 10.0. The van der Waals surface area contributed by atoms with Gasteiger partial charge in [-0.3, -0.25) is 0 Å². The summed E-state index contributed by atoms with van der Waals surface area (Å²) in [6.07, 6.45) is 0.931. The van der Waals surface area contributed by atoms with Crippen LogP contribution in [0.2, 0.25) is 5.02 Å². The SMILES string of the molecule is CCCNC(c1cc(F)cc(F)c1)c1ccc(Cl)c(C)c1. The van der Waals surface area contributed by atoms with Gasteiger partial charge in [-0.15, -0.1) is 0 Å². The van der Waals surface area contributed by atoms with E-state index in [0.717, 1.165) is 30.2 Å². The lowest BCUT2D eigenvalue weighted by Gasteiger charge is -2.20. The molecule has 2 aromatic rings. The van der Waals surface area contributed by atoms with E-state index in [1.807, 2.05) is 32.0 Å². The maximum Gasteiger partial charge on any atom is 0.126 e. The zero-order chi connectivity index (χ0) is 15.4. The van der Waals surface area contributed by atoms with E-state index in [1.165, 1.54) is 12.1 Å². The first kappa shape index (κ1) is 15.9. The van der Waals surface area contributed by atoms with E-state index in [-0.39, 0.29) is 6.04 Å². The molecule has 0 aliphatic rings. The summed E-state index contributed by atoms with van der Waals surface area (Å²) < 4.78 is 27.0. The topological polar surface area (TPSA) is 12.0 Å². The Morgan fingerprint density at radius 3 is 2.29 bits per heavy atom. The first-order valence-corrected chi connectivity index (χ1v) is 7.34. The Labute approximate surface area is 128 Å². The van der Waals surface area contributed by atoms with Gasteiger partial charge >= 0.3 is 0 Å². The van der Waals surface area contributed by atoms with E-state index >= 15 is 0 Å². The monoisotopic (exact) mass is 309 g/mol. The molecule has 1 unspecified atom stereocenters. The number of hydrogen-bond acceptors (Lipinski definition) is 1. The minimum atomic E-state index is -0.570. The minimum Gasteiger partial charge on any atom is -0.306 e. The zero-order valence-electron chi connectivity index (χ0n) is 12.1. The van der Waals surface area contributed by atoms with Crippen LogP contribution in [-0.4, -0.2) is 6.54 Å². The van der Waals surface area contributed by atoms with Crippen molar-refractivity contribution in [2.24, 2.45) is 0 Å². The van der Waals surface area contributed by atoms with Crippen LogP contribution in [0.15, 0.2) is 36.4 Å². The molecule has 2 rings (SSSR count). The summed E-state index contributed by atoms with van der Waals surface area (Å²) in [5.41, 5.74) is 2.45. The quantitative estimate of drug-likeness (QED) is 0.818. The van der Waals surface area contributed by atoms with E-state index in [0.29, 0.717) is 10.6 Å². The molecule has 112 valence electrons. The third-order valence-corrected chi connectivity index (χ3v) is 3.76. The molecule has 4 heteroatoms. The molecule has 0 saturated heterocycles. The predicted octanol–water partition coefficient (Wildman–Crippen LogP) is 5.02. The van der Waals surface area contributed by atoms with Gasteiger partial charge in [0.25, 0.3) is 0 Å². The Hall–Kier alpha value is -1.45. The highest BCUT2D eigenvalue weighted by atomic mass is 35.5. The number of rotatable bonds is 5. The Morgan fingerprint density at radius 1 is 1.05 bits per heavy atom. The number of aryl methyl sites for hydroxylation is 1. The van der Waals surface area contributed by atoms with Gasteiger partial charge in [0.05, 0.1) is 6.04 Å². The van der Waals surface area contributed by atoms with Gasteiger partial charge < -0.3 is 5.32 Å². The van der Waals surface area contributed by atoms with E-state index in [1.54, 1.807) is 0 Å². The molecule has 21 heavy (non-hydrogen) atoms. The Morgan fingerprint density at radius 2 is 1.71 bits per heavy atom. The van der Waals surface area contributed by atoms with Gasteiger partial charge in [-0.05, 0) is 54.8 Å². The lowest BCUT2D eigenvalue weighted by Crippen LogP contribution is -2.23. The summed E-state index contributed by atoms with van der Waals surface area (Å²) in [6, 6.07) is 8.98. The van der Waals surface area contributed by atoms with E-state index in [9.17, 15) is 8.78 Å². The highest BCUT2D eigenvalue weighted by molar-refractivity contribution is 6.31. The van der Waals surface area contributed by atoms with Crippen molar-refractivity contribution in [2.45, 2.75) is 26.3 Å². The van der Waals surface area contributed by atoms with Crippen molar-refractivity contribution in [2.75, 3.05) is 6.54 Å². The molecular formula is C17H18ClF2N. The average Bonchev–Trinajstić information content (AvgIpc) is 2.42. The standard InChI is InChI=1S/C17H18ClF2N/c1-3-6-21-17(12-4-5-16(18)11(2)7-12)13-8-14(19)10-15(20)9-13/h4-5,7-10,17,21H,3,6H2,1-2H3. The van der Waals surface area contributed by atoms with Gasteiger partial charge in [-0.25, -0.2) is 8.78 Å². The molecule has 1 nitrogen and oxygen atoms in total. The van der Waals surface area contributed by atoms with Crippen LogP contribution in [0, 0.1) is 18.6 Å². The van der Waals surface area contributed by atoms with Crippen LogP contribution >= 0.6 is 11.6 Å². The van der Waals surface area contributed by atoms with Crippen molar-refractivity contribution in [1.29, 1.82) is 0 Å². The van der Waals surface area contributed by atoms with E-state index < -0.39 is 11.6 Å². The lowest BCUT2D eigenvalue weighted by atomic mass is 9.97. The van der Waals surface area contributed by atoms with Gasteiger partial charge in [0, 0.05) is 11.1 Å². The van der Waals surface area contributed by atoms with Crippen LogP contribution in [0.1, 0.15) is 36.1 Å². The van der Waals surface area contributed by atoms with Crippen molar-refractivity contribution in [3.8, 4) is 0 Å². The predicted molar refractivity (Wildman–Crippen MR) is 82.7 cm³/mol. The van der Waals surface area contributed by atoms with Gasteiger partial charge in [0.2, 0.25) is 0 Å². The van der Waals surface area contributed by atoms with Crippen molar-refractivity contribution < 1.29 is 8.78 Å². The number of halogens is 3. The van der Waals surface area contributed by atoms with Crippen LogP contribution in [-0.2, 0) is 0 Å². The molecule has 0 saturated carbocycles. The number of nitrogens with one attached hydrogen (secondary N) is 1. The fourth-order valence-corrected chi connectivity index (χ4v) is 2.42. The van der Waals surface area contributed by atoms with Crippen LogP contribution in [0.4, 0.5) is 8.78 Å². The van der Waals surface area contributed by atoms with Crippen molar-refractivity contribution >= 4 is 11.6 Å². The van der Waals surface area contributed by atoms with Gasteiger partial charge in [-0.2, -0.15) is 0 Å². The van der Waals surface area contributed by atoms with Crippen molar-refractivity contribution in [1.82, 2.24) is 5.32 Å². The molecule has 1 atom stereocenters. The van der Waals surface area contributed by atoms with Crippen molar-refractivity contribution in [3.05, 3.63) is 69.7 Å². The Balaban J connectivity index is 2.43. The first-order valence-electron chi connectivity index (χ1n) is 6.96. The number of benzene rings is 2. The second kappa shape index (κ2) is 7.01. The molecular weight excluding hydrogens is 292 g/mol. The molecule has 1 N–H and O–H groups in total. The van der Waals surface area contributed by atoms with Crippen LogP contribution in [0.5, 0.6) is 0 Å². The second-order valence-electron chi connectivity index (χ2n) is 5.10. The largest absolute Gasteiger partial charge is 0.306 e. The number of hydrogen-bond donors (Lipinski definition) is 1. The van der Waals surface area contributed by atoms with Gasteiger partial charge in [0.15, 0.2) is 0 Å². The molecule has 0 bridgehead atoms. The maximum absolute atomic E-state index is 13.5. The van der Waals surface area contributed by atoms with Crippen LogP contribution in [0.3, 0.4) is 0 Å². The summed E-state index contributed by atoms with van der Waals surface area (Å²) in [6.45, 7) is 4.71. The second-order valence-corrected chi connectivity index (χ2v) is 5.51. The summed E-state index contributed by atoms with van der Waals surface area (Å²) in [5.74, 6) is -1.14. The van der Waals surface area contributed by atoms with Gasteiger partial charge in [0.1, 0.15) is 11.6 Å². The third kappa shape index (κ3) is 4.02. The van der Waals surface area contributed by atoms with Crippen molar-refractivity contribution in [3.63, 3.8) is 0 Å². The summed E-state index contributed by atoms with van der Waals surface area (Å²) in [4.78, 5) is 0. The molecule has 0 spiro atoms. The van der Waals surface area contributed by atoms with Crippen LogP contribution < -0.4 is 5.32 Å². The van der Waals surface area contributed by atoms with E-state index in [4.69, 9.17) is 11.6 Å². The Bertz CT molecular complexity index is 608. The summed E-state index contributed by atoms with van der Waals surface area (Å²) >= 11 is 6.05. The molecule has 0 heterocycles. The average molecular weight is 310 g/mol. The minimum absolute atomic E-state index is 0.258. The highest BCUT2D eigenvalue weighted by Crippen LogP contribution is 2.27. The fourth-order valence-electron chi connectivity index (χ4n) is 2.31. The molecule has 2 aromatic carbocycles. The summed E-state index contributed by atoms with van der Waals surface area (Å²) in [7, 11) is 0. The molecule has 0 fully saturated rings. The highest BCUT2D eigenvalue weighted by Gasteiger charge is 2.16. The molecule has 0 amide bonds. The zero-order valence-corrected chi connectivity index (χ0v) is 12.8. The fraction of sp³-hybridized carbons (Fsp3) is 0.294. The molecule has 0 aliphatic heterocycles. The van der Waals surface area contributed by atoms with Crippen LogP contribution in [0.25, 0.3) is 0 Å². The van der Waals surface area contributed by atoms with Gasteiger partial charge in [-0.1, -0.05) is 30.7 Å². The summed E-state index contributed by atoms with van der Waals surface area (Å²) in [5, 5.41) is 4.01.